The molecule has 4 heterocycles. The van der Waals surface area contributed by atoms with Gasteiger partial charge in [-0.05, 0) is 35.7 Å². The number of carbonyl (C=O) groups is 2. The third-order valence-electron chi connectivity index (χ3n) is 9.72. The molecule has 0 bridgehead atoms. The molecule has 50 heteroatoms. The van der Waals surface area contributed by atoms with Gasteiger partial charge in [-0.3, -0.25) is 80.7 Å². The Balaban J connectivity index is 0. The summed E-state index contributed by atoms with van der Waals surface area (Å²) in [5.74, 6) is -10.3. The molecule has 0 unspecified atom stereocenters. The summed E-state index contributed by atoms with van der Waals surface area (Å²) in [6.07, 6.45) is 0. The van der Waals surface area contributed by atoms with Crippen molar-refractivity contribution >= 4 is 147 Å². The third-order valence-corrected chi connectivity index (χ3v) is 12.4. The van der Waals surface area contributed by atoms with Gasteiger partial charge in [0.15, 0.2) is 20.5 Å². The molecule has 0 atom stereocenters. The molecule has 0 aliphatic rings. The van der Waals surface area contributed by atoms with Crippen LogP contribution in [0.25, 0.3) is 22.8 Å². The number of aromatic nitrogens is 4. The van der Waals surface area contributed by atoms with Crippen LogP contribution in [0, 0.1) is 60.7 Å². The van der Waals surface area contributed by atoms with E-state index in [9.17, 15) is 111 Å². The van der Waals surface area contributed by atoms with Gasteiger partial charge in [-0.1, -0.05) is 36.4 Å². The largest absolute Gasteiger partial charge is 2.00 e. The fourth-order valence-electron chi connectivity index (χ4n) is 5.81. The number of anilines is 4. The van der Waals surface area contributed by atoms with Crippen molar-refractivity contribution in [2.24, 2.45) is 31.4 Å². The normalized spacial score (nSPS) is 10.5. The Kier molecular flexibility index (Phi) is 38.8. The molecule has 8 aromatic rings. The van der Waals surface area contributed by atoms with Crippen LogP contribution in [0.4, 0.5) is 66.0 Å². The molecule has 12 N–H and O–H groups in total. The number of nitro benzene ring substituents is 6. The number of nitro groups is 6. The number of non-ortho nitro benzene ring substituents is 2. The summed E-state index contributed by atoms with van der Waals surface area (Å²) in [6.45, 7) is 0.299. The van der Waals surface area contributed by atoms with E-state index >= 15 is 0 Å². The van der Waals surface area contributed by atoms with Gasteiger partial charge in [0, 0.05) is 45.7 Å². The van der Waals surface area contributed by atoms with Crippen molar-refractivity contribution < 1.29 is 148 Å². The molecule has 4 radical (unpaired) electrons. The molecule has 4 aromatic carbocycles. The quantitative estimate of drug-likeness (QED) is 0.0203. The van der Waals surface area contributed by atoms with E-state index in [1.807, 2.05) is 21.5 Å². The van der Waals surface area contributed by atoms with Crippen LogP contribution in [0.5, 0.6) is 11.5 Å². The number of hydrogen-bond acceptors (Lipinski definition) is 40. The minimum Gasteiger partial charge on any atom is -0.863 e. The fourth-order valence-corrected chi connectivity index (χ4v) is 8.04. The summed E-state index contributed by atoms with van der Waals surface area (Å²) in [5.41, 5.74) is 28.0. The molecule has 0 saturated heterocycles. The van der Waals surface area contributed by atoms with Gasteiger partial charge in [-0.15, -0.1) is 45.3 Å². The van der Waals surface area contributed by atoms with Gasteiger partial charge in [-0.2, -0.15) is 0 Å². The van der Waals surface area contributed by atoms with Gasteiger partial charge in [0.25, 0.3) is 34.1 Å². The second kappa shape index (κ2) is 42.6. The van der Waals surface area contributed by atoms with Crippen molar-refractivity contribution in [2.75, 3.05) is 49.1 Å². The Bertz CT molecular complexity index is 3750. The van der Waals surface area contributed by atoms with Crippen LogP contribution in [0.1, 0.15) is 20.7 Å². The first-order valence-corrected chi connectivity index (χ1v) is 27.2. The minimum atomic E-state index is -1.48. The summed E-state index contributed by atoms with van der Waals surface area (Å²) in [7, 11) is 0. The zero-order chi connectivity index (χ0) is 69.1. The second-order valence-corrected chi connectivity index (χ2v) is 19.4. The average Bonchev–Trinajstić information content (AvgIpc) is 1.13. The molecule has 0 spiro atoms. The van der Waals surface area contributed by atoms with E-state index in [0.29, 0.717) is 44.8 Å². The zero-order valence-corrected chi connectivity index (χ0v) is 53.6. The van der Waals surface area contributed by atoms with Gasteiger partial charge >= 0.3 is 68.3 Å². The van der Waals surface area contributed by atoms with Crippen LogP contribution in [0.3, 0.4) is 0 Å². The Morgan fingerprint density at radius 2 is 0.646 bits per heavy atom. The number of hydrogen-bond donors (Lipinski definition) is 6. The molecule has 0 fully saturated rings. The maximum atomic E-state index is 11.3. The smallest absolute Gasteiger partial charge is 0.863 e. The number of benzene rings is 4. The fraction of sp³-hybridized carbons (Fsp3) is 0.0870. The summed E-state index contributed by atoms with van der Waals surface area (Å²) < 4.78 is 0. The predicted octanol–water partition coefficient (Wildman–Crippen LogP) is -1.86. The molecule has 4 aromatic heterocycles. The molecule has 520 valence electrons. The maximum absolute atomic E-state index is 11.3. The van der Waals surface area contributed by atoms with Gasteiger partial charge in [0.1, 0.15) is 22.8 Å². The molecule has 96 heavy (non-hydrogen) atoms. The van der Waals surface area contributed by atoms with Crippen LogP contribution in [-0.2, 0) is 68.3 Å². The van der Waals surface area contributed by atoms with Crippen molar-refractivity contribution in [3.8, 4) is 34.3 Å². The van der Waals surface area contributed by atoms with Crippen LogP contribution >= 0.6 is 45.3 Å². The van der Waals surface area contributed by atoms with E-state index in [2.05, 4.69) is 39.9 Å². The minimum absolute atomic E-state index is 0. The van der Waals surface area contributed by atoms with Gasteiger partial charge in [-0.25, -0.2) is 19.9 Å². The van der Waals surface area contributed by atoms with Crippen LogP contribution in [0.2, 0.25) is 0 Å². The number of rotatable bonds is 16. The van der Waals surface area contributed by atoms with E-state index in [4.69, 9.17) is 34.4 Å². The molecule has 42 nitrogen and oxygen atoms in total. The predicted molar refractivity (Wildman–Crippen MR) is 314 cm³/mol. The Hall–Kier alpha value is -10.6. The zero-order valence-electron chi connectivity index (χ0n) is 46.6. The van der Waals surface area contributed by atoms with E-state index in [-0.39, 0.29) is 117 Å². The van der Waals surface area contributed by atoms with Crippen molar-refractivity contribution in [2.45, 2.75) is 0 Å². The van der Waals surface area contributed by atoms with Crippen LogP contribution in [0.15, 0.2) is 114 Å². The van der Waals surface area contributed by atoms with E-state index in [1.165, 1.54) is 93.9 Å². The van der Waals surface area contributed by atoms with Crippen LogP contribution < -0.4 is 75.3 Å². The first-order chi connectivity index (χ1) is 43.3. The molecular weight excluding hydrogens is 1570 g/mol. The van der Waals surface area contributed by atoms with Crippen molar-refractivity contribution in [1.82, 2.24) is 19.9 Å². The number of nitrogen functional groups attached to an aromatic ring is 4. The summed E-state index contributed by atoms with van der Waals surface area (Å²) in [5, 5.41) is 160. The number of thiazole rings is 4. The topological polar surface area (TPSA) is 735 Å². The van der Waals surface area contributed by atoms with Crippen molar-refractivity contribution in [1.29, 1.82) is 0 Å². The molecule has 0 amide bonds. The molecule has 0 aliphatic heterocycles. The van der Waals surface area contributed by atoms with E-state index < -0.39 is 111 Å². The standard InChI is InChI=1S/2C11H13N3O4.2C6H6N4S2.2C6H3N3O7.4Cu/c2*12-5-6-13-9(15)10(16)14-8-4-2-1-3-7(8)11(17)18;2*7-5-9-3(1-11-5)4-2-12-6(8)10-4;2*10-6-4(8(13)14)1-3(7(11)12)2-5(6)9(15)16;;;;/h2*1-4H,5-6,12H2,(H,13,15)(H,14,16)(H,17,18);2*1-2H,(H2,7,9)(H2,8,10);2*1-2,10H;;;;/q;;;;;;4*+2/p-8. The Labute approximate surface area is 592 Å². The van der Waals surface area contributed by atoms with Gasteiger partial charge in [0.2, 0.25) is 0 Å². The summed E-state index contributed by atoms with van der Waals surface area (Å²) >= 11 is 5.60. The van der Waals surface area contributed by atoms with E-state index in [1.54, 1.807) is 0 Å². The number of carboxylic acid groups (broad SMARTS) is 2. The van der Waals surface area contributed by atoms with E-state index in [0.717, 1.165) is 22.8 Å². The second-order valence-electron chi connectivity index (χ2n) is 15.8. The van der Waals surface area contributed by atoms with Crippen LogP contribution in [-0.4, -0.2) is 111 Å². The number of carboxylic acids is 2. The average molecular weight is 1600 g/mol. The summed E-state index contributed by atoms with van der Waals surface area (Å²) in [6, 6.07) is 12.4. The monoisotopic (exact) mass is 1600 g/mol. The molecule has 0 saturated carbocycles. The number of para-hydroxylation sites is 2. The molecule has 0 aliphatic carbocycles. The number of carbonyl (C=O) groups excluding carboxylic acids is 2. The number of aromatic carboxylic acids is 2. The maximum Gasteiger partial charge on any atom is 2.00 e. The number of nitrogens with two attached hydrogens (primary N) is 6. The molecule has 8 rings (SSSR count). The Morgan fingerprint density at radius 1 is 0.406 bits per heavy atom. The van der Waals surface area contributed by atoms with Gasteiger partial charge in [0.05, 0.1) is 102 Å². The third kappa shape index (κ3) is 27.5. The Morgan fingerprint density at radius 3 is 0.833 bits per heavy atom. The van der Waals surface area contributed by atoms with Crippen molar-refractivity contribution in [3.05, 3.63) is 166 Å². The first kappa shape index (κ1) is 87.5. The number of nitrogens with zero attached hydrogens (tertiary/aromatic N) is 14. The summed E-state index contributed by atoms with van der Waals surface area (Å²) in [4.78, 5) is 106. The van der Waals surface area contributed by atoms with Gasteiger partial charge < -0.3 is 84.8 Å². The first-order valence-electron chi connectivity index (χ1n) is 23.7. The SMILES string of the molecule is NCCN=C([O-])C([O-])=Nc1ccccc1C(=O)[O-].NCCN=C([O-])C([O-])=Nc1ccccc1C(=O)[O-].Nc1nc(-c2csc(N)n2)cs1.Nc1nc(-c2csc(N)n2)cs1.O=[N+]([O-])c1cc([N+](=O)[O-])c([O-])c([N+](=O)[O-])c1.O=[N+]([O-])c1cc([N+](=O)[O-])c([O-])c([N+](=O)[O-])c1.[Cu+2].[Cu+2].[Cu+2].[Cu+2]. The van der Waals surface area contributed by atoms with Crippen molar-refractivity contribution in [3.63, 3.8) is 0 Å². The molecular formula is C46H36Cu4N20O22S4. The number of aliphatic imine (C=N–C) groups is 4.